The zero-order valence-corrected chi connectivity index (χ0v) is 9.95. The van der Waals surface area contributed by atoms with Crippen LogP contribution in [0.4, 0.5) is 0 Å². The van der Waals surface area contributed by atoms with Crippen LogP contribution in [0.3, 0.4) is 0 Å². The molecule has 0 aliphatic carbocycles. The summed E-state index contributed by atoms with van der Waals surface area (Å²) in [7, 11) is -3.33. The summed E-state index contributed by atoms with van der Waals surface area (Å²) in [4.78, 5) is 1.47. The molecule has 0 spiro atoms. The van der Waals surface area contributed by atoms with Crippen LogP contribution in [-0.2, 0) is 20.8 Å². The Bertz CT molecular complexity index is 389. The normalized spacial score (nSPS) is 11.9. The highest BCUT2D eigenvalue weighted by atomic mass is 79.9. The van der Waals surface area contributed by atoms with Gasteiger partial charge in [0.15, 0.2) is 0 Å². The zero-order valence-electron chi connectivity index (χ0n) is 7.55. The Balaban J connectivity index is 2.23. The number of hydrogen-bond donors (Lipinski definition) is 0. The van der Waals surface area contributed by atoms with Crippen molar-refractivity contribution in [2.75, 3.05) is 12.9 Å². The number of rotatable bonds is 5. The second-order valence-corrected chi connectivity index (χ2v) is 5.10. The fourth-order valence-electron chi connectivity index (χ4n) is 0.800. The summed E-state index contributed by atoms with van der Waals surface area (Å²) in [6.07, 6.45) is 3.14. The lowest BCUT2D eigenvalue weighted by Gasteiger charge is -2.00. The minimum Gasteiger partial charge on any atom is -0.270 e. The summed E-state index contributed by atoms with van der Waals surface area (Å²) in [6, 6.07) is 0. The van der Waals surface area contributed by atoms with Crippen molar-refractivity contribution in [2.45, 2.75) is 13.0 Å². The molecule has 0 saturated carbocycles. The molecule has 0 saturated heterocycles. The largest absolute Gasteiger partial charge is 0.270 e. The van der Waals surface area contributed by atoms with E-state index in [1.807, 2.05) is 0 Å². The van der Waals surface area contributed by atoms with Crippen molar-refractivity contribution in [1.29, 1.82) is 0 Å². The molecule has 14 heavy (non-hydrogen) atoms. The monoisotopic (exact) mass is 283 g/mol. The quantitative estimate of drug-likeness (QED) is 0.578. The summed E-state index contributed by atoms with van der Waals surface area (Å²) >= 11 is 3.15. The molecule has 0 N–H and O–H groups in total. The molecule has 1 rings (SSSR count). The third-order valence-electron chi connectivity index (χ3n) is 1.31. The Morgan fingerprint density at radius 1 is 1.64 bits per heavy atom. The van der Waals surface area contributed by atoms with Gasteiger partial charge in [-0.15, -0.1) is 5.10 Å². The van der Waals surface area contributed by atoms with Gasteiger partial charge in [-0.05, 0) is 22.4 Å². The summed E-state index contributed by atoms with van der Waals surface area (Å²) in [5.41, 5.74) is 0. The van der Waals surface area contributed by atoms with E-state index in [2.05, 4.69) is 30.3 Å². The van der Waals surface area contributed by atoms with Crippen molar-refractivity contribution in [3.63, 3.8) is 0 Å². The molecular formula is C6H10BrN3O3S. The van der Waals surface area contributed by atoms with E-state index in [-0.39, 0.29) is 6.61 Å². The Labute approximate surface area is 90.5 Å². The molecule has 1 heterocycles. The molecule has 1 aromatic rings. The van der Waals surface area contributed by atoms with Crippen LogP contribution in [0.5, 0.6) is 0 Å². The number of nitrogens with zero attached hydrogens (tertiary/aromatic N) is 3. The molecule has 8 heteroatoms. The molecular weight excluding hydrogens is 274 g/mol. The van der Waals surface area contributed by atoms with Crippen LogP contribution < -0.4 is 0 Å². The molecule has 1 aromatic heterocycles. The van der Waals surface area contributed by atoms with E-state index >= 15 is 0 Å². The third-order valence-corrected chi connectivity index (χ3v) is 2.27. The average Bonchev–Trinajstić information content (AvgIpc) is 2.44. The number of aromatic nitrogens is 3. The van der Waals surface area contributed by atoms with Gasteiger partial charge >= 0.3 is 0 Å². The van der Waals surface area contributed by atoms with Gasteiger partial charge in [0.25, 0.3) is 10.1 Å². The maximum absolute atomic E-state index is 10.6. The highest BCUT2D eigenvalue weighted by Crippen LogP contribution is 2.01. The van der Waals surface area contributed by atoms with Crippen molar-refractivity contribution in [3.8, 4) is 0 Å². The van der Waals surface area contributed by atoms with Crippen LogP contribution in [0, 0.1) is 0 Å². The SMILES string of the molecule is CS(=O)(=O)OCCCn1ncc(Br)n1. The second kappa shape index (κ2) is 4.85. The smallest absolute Gasteiger partial charge is 0.264 e. The van der Waals surface area contributed by atoms with Gasteiger partial charge in [-0.25, -0.2) is 0 Å². The first-order valence-corrected chi connectivity index (χ1v) is 6.48. The summed E-state index contributed by atoms with van der Waals surface area (Å²) in [5.74, 6) is 0. The van der Waals surface area contributed by atoms with E-state index in [1.54, 1.807) is 6.20 Å². The van der Waals surface area contributed by atoms with E-state index in [9.17, 15) is 8.42 Å². The van der Waals surface area contributed by atoms with Gasteiger partial charge < -0.3 is 0 Å². The molecule has 0 bridgehead atoms. The molecule has 0 atom stereocenters. The average molecular weight is 284 g/mol. The van der Waals surface area contributed by atoms with Gasteiger partial charge in [-0.2, -0.15) is 18.3 Å². The molecule has 0 aliphatic rings. The van der Waals surface area contributed by atoms with Crippen molar-refractivity contribution < 1.29 is 12.6 Å². The Hall–Kier alpha value is -0.470. The van der Waals surface area contributed by atoms with Gasteiger partial charge in [0.05, 0.1) is 25.6 Å². The van der Waals surface area contributed by atoms with E-state index in [0.717, 1.165) is 6.26 Å². The maximum atomic E-state index is 10.6. The van der Waals surface area contributed by atoms with Crippen molar-refractivity contribution in [3.05, 3.63) is 10.8 Å². The van der Waals surface area contributed by atoms with Gasteiger partial charge in [0, 0.05) is 0 Å². The fourth-order valence-corrected chi connectivity index (χ4v) is 1.50. The van der Waals surface area contributed by atoms with Crippen LogP contribution >= 0.6 is 15.9 Å². The summed E-state index contributed by atoms with van der Waals surface area (Å²) in [6.45, 7) is 0.680. The summed E-state index contributed by atoms with van der Waals surface area (Å²) in [5, 5.41) is 7.87. The van der Waals surface area contributed by atoms with E-state index in [4.69, 9.17) is 0 Å². The molecule has 80 valence electrons. The van der Waals surface area contributed by atoms with E-state index in [1.165, 1.54) is 4.80 Å². The molecule has 6 nitrogen and oxygen atoms in total. The van der Waals surface area contributed by atoms with Crippen LogP contribution in [-0.4, -0.2) is 36.3 Å². The number of aryl methyl sites for hydroxylation is 1. The van der Waals surface area contributed by atoms with Gasteiger partial charge in [-0.3, -0.25) is 4.18 Å². The van der Waals surface area contributed by atoms with Crippen LogP contribution in [0.15, 0.2) is 10.8 Å². The van der Waals surface area contributed by atoms with Crippen LogP contribution in [0.1, 0.15) is 6.42 Å². The minimum atomic E-state index is -3.33. The van der Waals surface area contributed by atoms with E-state index < -0.39 is 10.1 Å². The minimum absolute atomic E-state index is 0.151. The highest BCUT2D eigenvalue weighted by molar-refractivity contribution is 9.10. The predicted molar refractivity (Wildman–Crippen MR) is 53.1 cm³/mol. The first-order chi connectivity index (χ1) is 6.47. The first kappa shape index (κ1) is 11.6. The zero-order chi connectivity index (χ0) is 10.6. The van der Waals surface area contributed by atoms with Gasteiger partial charge in [0.2, 0.25) is 0 Å². The van der Waals surface area contributed by atoms with Crippen LogP contribution in [0.2, 0.25) is 0 Å². The third kappa shape index (κ3) is 4.68. The first-order valence-electron chi connectivity index (χ1n) is 3.87. The number of hydrogen-bond acceptors (Lipinski definition) is 5. The van der Waals surface area contributed by atoms with Crippen LogP contribution in [0.25, 0.3) is 0 Å². The molecule has 0 aliphatic heterocycles. The standard InChI is InChI=1S/C6H10BrN3O3S/c1-14(11,12)13-4-2-3-10-8-5-6(7)9-10/h5H,2-4H2,1H3. The Morgan fingerprint density at radius 2 is 2.36 bits per heavy atom. The molecule has 0 unspecified atom stereocenters. The second-order valence-electron chi connectivity index (χ2n) is 2.64. The van der Waals surface area contributed by atoms with Crippen molar-refractivity contribution in [1.82, 2.24) is 15.0 Å². The van der Waals surface area contributed by atoms with E-state index in [0.29, 0.717) is 17.6 Å². The molecule has 0 amide bonds. The Kier molecular flexibility index (Phi) is 4.02. The molecule has 0 fully saturated rings. The predicted octanol–water partition coefficient (Wildman–Crippen LogP) is 0.407. The lowest BCUT2D eigenvalue weighted by molar-refractivity contribution is 0.299. The Morgan fingerprint density at radius 3 is 2.86 bits per heavy atom. The lowest BCUT2D eigenvalue weighted by atomic mass is 10.5. The lowest BCUT2D eigenvalue weighted by Crippen LogP contribution is -2.08. The maximum Gasteiger partial charge on any atom is 0.264 e. The fraction of sp³-hybridized carbons (Fsp3) is 0.667. The van der Waals surface area contributed by atoms with Crippen molar-refractivity contribution >= 4 is 26.0 Å². The summed E-state index contributed by atoms with van der Waals surface area (Å²) < 4.78 is 26.4. The molecule has 0 radical (unpaired) electrons. The van der Waals surface area contributed by atoms with Gasteiger partial charge in [-0.1, -0.05) is 0 Å². The highest BCUT2D eigenvalue weighted by Gasteiger charge is 2.01. The van der Waals surface area contributed by atoms with Crippen molar-refractivity contribution in [2.24, 2.45) is 0 Å². The van der Waals surface area contributed by atoms with Gasteiger partial charge in [0.1, 0.15) is 4.60 Å². The molecule has 0 aromatic carbocycles. The number of halogens is 1. The topological polar surface area (TPSA) is 74.1 Å².